The Morgan fingerprint density at radius 2 is 1.81 bits per heavy atom. The van der Waals surface area contributed by atoms with Crippen molar-refractivity contribution >= 4 is 23.0 Å². The van der Waals surface area contributed by atoms with Crippen molar-refractivity contribution in [2.24, 2.45) is 0 Å². The zero-order chi connectivity index (χ0) is 22.7. The fraction of sp³-hybridized carbons (Fsp3) is 0.261. The number of aromatic hydroxyl groups is 1. The van der Waals surface area contributed by atoms with Crippen molar-refractivity contribution in [3.63, 3.8) is 0 Å². The van der Waals surface area contributed by atoms with E-state index < -0.39 is 10.9 Å². The molecular formula is C23H29N3O5. The molecule has 1 unspecified atom stereocenters. The van der Waals surface area contributed by atoms with Crippen molar-refractivity contribution < 1.29 is 17.5 Å². The molecule has 3 N–H and O–H groups in total. The highest BCUT2D eigenvalue weighted by Crippen LogP contribution is 2.33. The number of rotatable bonds is 8. The largest absolute Gasteiger partial charge is 0.505 e. The van der Waals surface area contributed by atoms with E-state index in [1.807, 2.05) is 31.2 Å². The second-order valence-electron chi connectivity index (χ2n) is 7.32. The number of hydrogen-bond donors (Lipinski definition) is 3. The number of nitrogens with one attached hydrogen (secondary N) is 2. The van der Waals surface area contributed by atoms with Crippen LogP contribution in [0.2, 0.25) is 0 Å². The fourth-order valence-corrected chi connectivity index (χ4v) is 3.29. The van der Waals surface area contributed by atoms with Crippen LogP contribution in [-0.4, -0.2) is 37.1 Å². The monoisotopic (exact) mass is 427 g/mol. The van der Waals surface area contributed by atoms with E-state index in [2.05, 4.69) is 10.6 Å². The van der Waals surface area contributed by atoms with Gasteiger partial charge in [-0.3, -0.25) is 14.4 Å². The first-order valence-corrected chi connectivity index (χ1v) is 9.82. The molecule has 8 heteroatoms. The van der Waals surface area contributed by atoms with E-state index in [9.17, 15) is 19.5 Å². The minimum absolute atomic E-state index is 0. The first-order valence-electron chi connectivity index (χ1n) is 9.82. The standard InChI is InChI=1S/C23H25N3O5.2H2/c1-5-16(13-8-6-9-14(12-13)31-4)24-18-19(22(29)21(18)28)25-17-11-7-10-15(20(17)27)23(30)26(2)3;;/h6-12,16,24-25,27H,5H2,1-4H3;2*1H. The van der Waals surface area contributed by atoms with Gasteiger partial charge in [-0.1, -0.05) is 25.1 Å². The van der Waals surface area contributed by atoms with E-state index >= 15 is 0 Å². The summed E-state index contributed by atoms with van der Waals surface area (Å²) in [6.45, 7) is 1.96. The van der Waals surface area contributed by atoms with Gasteiger partial charge in [0, 0.05) is 16.9 Å². The number of carbonyl (C=O) groups is 1. The van der Waals surface area contributed by atoms with Gasteiger partial charge in [0.05, 0.1) is 24.4 Å². The third kappa shape index (κ3) is 4.23. The molecule has 0 saturated heterocycles. The maximum atomic E-state index is 12.3. The minimum Gasteiger partial charge on any atom is -0.505 e. The number of anilines is 3. The third-order valence-corrected chi connectivity index (χ3v) is 5.07. The molecule has 0 aliphatic heterocycles. The summed E-state index contributed by atoms with van der Waals surface area (Å²) in [6, 6.07) is 11.8. The second kappa shape index (κ2) is 8.91. The maximum Gasteiger partial charge on any atom is 0.257 e. The first-order chi connectivity index (χ1) is 14.8. The molecular weight excluding hydrogens is 398 g/mol. The van der Waals surface area contributed by atoms with E-state index in [1.54, 1.807) is 27.3 Å². The molecule has 8 nitrogen and oxygen atoms in total. The highest BCUT2D eigenvalue weighted by Gasteiger charge is 2.25. The Kier molecular flexibility index (Phi) is 6.29. The molecule has 0 aliphatic carbocycles. The Balaban J connectivity index is 0.00000272. The normalized spacial score (nSPS) is 11.7. The van der Waals surface area contributed by atoms with Crippen LogP contribution < -0.4 is 26.2 Å². The van der Waals surface area contributed by atoms with Gasteiger partial charge in [0.2, 0.25) is 0 Å². The highest BCUT2D eigenvalue weighted by molar-refractivity contribution is 5.99. The van der Waals surface area contributed by atoms with Crippen LogP contribution in [0.15, 0.2) is 52.1 Å². The van der Waals surface area contributed by atoms with E-state index in [4.69, 9.17) is 4.74 Å². The summed E-state index contributed by atoms with van der Waals surface area (Å²) in [6.07, 6.45) is 0.656. The first kappa shape index (κ1) is 21.9. The van der Waals surface area contributed by atoms with Crippen molar-refractivity contribution in [2.75, 3.05) is 31.8 Å². The number of hydrogen-bond acceptors (Lipinski definition) is 7. The van der Waals surface area contributed by atoms with Gasteiger partial charge in [0.25, 0.3) is 16.8 Å². The highest BCUT2D eigenvalue weighted by atomic mass is 16.5. The number of nitrogens with zero attached hydrogens (tertiary/aromatic N) is 1. The zero-order valence-electron chi connectivity index (χ0n) is 17.9. The predicted octanol–water partition coefficient (Wildman–Crippen LogP) is 3.50. The van der Waals surface area contributed by atoms with Crippen molar-refractivity contribution in [3.05, 3.63) is 74.0 Å². The van der Waals surface area contributed by atoms with Crippen LogP contribution in [0, 0.1) is 0 Å². The lowest BCUT2D eigenvalue weighted by Crippen LogP contribution is -2.37. The molecule has 3 aromatic rings. The topological polar surface area (TPSA) is 108 Å². The molecule has 166 valence electrons. The zero-order valence-corrected chi connectivity index (χ0v) is 17.9. The van der Waals surface area contributed by atoms with Crippen LogP contribution in [0.25, 0.3) is 0 Å². The average molecular weight is 428 g/mol. The molecule has 0 heterocycles. The van der Waals surface area contributed by atoms with Crippen molar-refractivity contribution in [1.82, 2.24) is 4.90 Å². The molecule has 31 heavy (non-hydrogen) atoms. The second-order valence-corrected chi connectivity index (χ2v) is 7.32. The van der Waals surface area contributed by atoms with Gasteiger partial charge in [0.15, 0.2) is 5.75 Å². The summed E-state index contributed by atoms with van der Waals surface area (Å²) >= 11 is 0. The number of benzene rings is 2. The SMILES string of the molecule is CCC(Nc1c(Nc2cccc(C(=O)N(C)C)c2O)c(=O)c1=O)c1cccc(OC)c1.[HH].[HH]. The van der Waals surface area contributed by atoms with Crippen LogP contribution in [0.3, 0.4) is 0 Å². The molecule has 0 aliphatic rings. The van der Waals surface area contributed by atoms with Crippen LogP contribution in [-0.2, 0) is 0 Å². The van der Waals surface area contributed by atoms with Gasteiger partial charge in [0.1, 0.15) is 17.1 Å². The van der Waals surface area contributed by atoms with Gasteiger partial charge in [-0.25, -0.2) is 0 Å². The van der Waals surface area contributed by atoms with Gasteiger partial charge in [-0.2, -0.15) is 0 Å². The lowest BCUT2D eigenvalue weighted by molar-refractivity contribution is 0.0824. The number of ether oxygens (including phenoxy) is 1. The maximum absolute atomic E-state index is 12.3. The molecule has 3 aromatic carbocycles. The summed E-state index contributed by atoms with van der Waals surface area (Å²) in [4.78, 5) is 38.1. The number of methoxy groups -OCH3 is 1. The Morgan fingerprint density at radius 1 is 1.13 bits per heavy atom. The molecule has 0 radical (unpaired) electrons. The Labute approximate surface area is 182 Å². The van der Waals surface area contributed by atoms with Crippen LogP contribution in [0.4, 0.5) is 17.1 Å². The quantitative estimate of drug-likeness (QED) is 0.373. The fourth-order valence-electron chi connectivity index (χ4n) is 3.29. The molecule has 0 spiro atoms. The number of para-hydroxylation sites is 1. The van der Waals surface area contributed by atoms with E-state index in [-0.39, 0.29) is 43.2 Å². The molecule has 0 aromatic heterocycles. The Hall–Kier alpha value is -3.81. The molecule has 1 amide bonds. The Morgan fingerprint density at radius 3 is 2.45 bits per heavy atom. The van der Waals surface area contributed by atoms with Gasteiger partial charge < -0.3 is 25.4 Å². The van der Waals surface area contributed by atoms with Gasteiger partial charge >= 0.3 is 0 Å². The molecule has 1 atom stereocenters. The summed E-state index contributed by atoms with van der Waals surface area (Å²) in [5, 5.41) is 16.5. The molecule has 3 rings (SSSR count). The van der Waals surface area contributed by atoms with E-state index in [0.717, 1.165) is 5.56 Å². The number of carbonyl (C=O) groups excluding carboxylic acids is 1. The van der Waals surface area contributed by atoms with Crippen molar-refractivity contribution in [3.8, 4) is 11.5 Å². The van der Waals surface area contributed by atoms with E-state index in [0.29, 0.717) is 12.2 Å². The van der Waals surface area contributed by atoms with Gasteiger partial charge in [-0.15, -0.1) is 0 Å². The molecule has 0 saturated carbocycles. The predicted molar refractivity (Wildman–Crippen MR) is 125 cm³/mol. The van der Waals surface area contributed by atoms with Crippen molar-refractivity contribution in [2.45, 2.75) is 19.4 Å². The number of amides is 1. The lowest BCUT2D eigenvalue weighted by Gasteiger charge is -2.23. The average Bonchev–Trinajstić information content (AvgIpc) is 2.78. The molecule has 0 fully saturated rings. The summed E-state index contributed by atoms with van der Waals surface area (Å²) in [7, 11) is 4.72. The van der Waals surface area contributed by atoms with Crippen LogP contribution in [0.5, 0.6) is 11.5 Å². The smallest absolute Gasteiger partial charge is 0.257 e. The van der Waals surface area contributed by atoms with Crippen molar-refractivity contribution in [1.29, 1.82) is 0 Å². The Bertz CT molecular complexity index is 1190. The van der Waals surface area contributed by atoms with E-state index in [1.165, 1.54) is 17.0 Å². The third-order valence-electron chi connectivity index (χ3n) is 5.07. The summed E-state index contributed by atoms with van der Waals surface area (Å²) in [5.74, 6) is 0.0157. The van der Waals surface area contributed by atoms with Crippen LogP contribution >= 0.6 is 0 Å². The molecule has 0 bridgehead atoms. The number of phenols is 1. The van der Waals surface area contributed by atoms with Gasteiger partial charge in [-0.05, 0) is 36.2 Å². The lowest BCUT2D eigenvalue weighted by atomic mass is 10.0. The van der Waals surface area contributed by atoms with Crippen LogP contribution in [0.1, 0.15) is 38.2 Å². The summed E-state index contributed by atoms with van der Waals surface area (Å²) < 4.78 is 5.26. The number of phenolic OH excluding ortho intramolecular Hbond substituents is 1. The minimum atomic E-state index is -0.688. The summed E-state index contributed by atoms with van der Waals surface area (Å²) in [5.41, 5.74) is 0.0284.